The fraction of sp³-hybridized carbons (Fsp3) is 0.385. The van der Waals surface area contributed by atoms with Gasteiger partial charge in [0.15, 0.2) is 0 Å². The summed E-state index contributed by atoms with van der Waals surface area (Å²) < 4.78 is 18.3. The zero-order valence-electron chi connectivity index (χ0n) is 10.9. The van der Waals surface area contributed by atoms with Crippen molar-refractivity contribution in [2.24, 2.45) is 0 Å². The lowest BCUT2D eigenvalue weighted by Gasteiger charge is -2.17. The van der Waals surface area contributed by atoms with E-state index in [4.69, 9.17) is 14.6 Å². The Balaban J connectivity index is 2.06. The normalized spacial score (nSPS) is 11.2. The summed E-state index contributed by atoms with van der Waals surface area (Å²) in [5.41, 5.74) is 0.640. The first-order chi connectivity index (χ1) is 9.72. The molecule has 20 heavy (non-hydrogen) atoms. The fourth-order valence-electron chi connectivity index (χ4n) is 1.77. The van der Waals surface area contributed by atoms with E-state index in [2.05, 4.69) is 10.2 Å². The monoisotopic (exact) mass is 281 g/mol. The largest absolute Gasteiger partial charge is 0.419 e. The molecule has 0 aliphatic carbocycles. The summed E-state index contributed by atoms with van der Waals surface area (Å²) in [6.07, 6.45) is 0. The number of nitrogens with zero attached hydrogens (tertiary/aromatic N) is 3. The highest BCUT2D eigenvalue weighted by atomic mass is 19.1. The molecule has 1 heterocycles. The van der Waals surface area contributed by atoms with E-state index >= 15 is 0 Å². The van der Waals surface area contributed by atoms with E-state index in [1.54, 1.807) is 17.0 Å². The Bertz CT molecular complexity index is 524. The highest BCUT2D eigenvalue weighted by molar-refractivity contribution is 5.51. The zero-order chi connectivity index (χ0) is 14.4. The summed E-state index contributed by atoms with van der Waals surface area (Å²) in [5.74, 6) is 0.365. The molecule has 1 aromatic heterocycles. The Morgan fingerprint density at radius 1 is 1.05 bits per heavy atom. The average Bonchev–Trinajstić information content (AvgIpc) is 2.89. The summed E-state index contributed by atoms with van der Waals surface area (Å²) >= 11 is 0. The number of hydrogen-bond acceptors (Lipinski definition) is 6. The molecule has 2 rings (SSSR count). The van der Waals surface area contributed by atoms with Crippen LogP contribution in [-0.4, -0.2) is 51.6 Å². The van der Waals surface area contributed by atoms with E-state index in [1.807, 2.05) is 0 Å². The maximum atomic E-state index is 12.8. The van der Waals surface area contributed by atoms with Crippen LogP contribution in [0.5, 0.6) is 0 Å². The average molecular weight is 281 g/mol. The molecule has 0 bridgehead atoms. The Morgan fingerprint density at radius 3 is 2.30 bits per heavy atom. The van der Waals surface area contributed by atoms with Gasteiger partial charge >= 0.3 is 0 Å². The van der Waals surface area contributed by atoms with Crippen LogP contribution in [-0.2, 0) is 6.54 Å². The number of halogens is 1. The van der Waals surface area contributed by atoms with Crippen LogP contribution >= 0.6 is 0 Å². The minimum absolute atomic E-state index is 0.0149. The van der Waals surface area contributed by atoms with Crippen molar-refractivity contribution in [1.29, 1.82) is 0 Å². The molecule has 6 nitrogen and oxygen atoms in total. The summed E-state index contributed by atoms with van der Waals surface area (Å²) in [5, 5.41) is 25.7. The molecule has 0 fully saturated rings. The summed E-state index contributed by atoms with van der Waals surface area (Å²) in [7, 11) is 0. The molecule has 0 unspecified atom stereocenters. The predicted octanol–water partition coefficient (Wildman–Crippen LogP) is 0.662. The molecule has 0 amide bonds. The van der Waals surface area contributed by atoms with Crippen molar-refractivity contribution in [3.63, 3.8) is 0 Å². The summed E-state index contributed by atoms with van der Waals surface area (Å²) in [6, 6.07) is 5.77. The van der Waals surface area contributed by atoms with Gasteiger partial charge < -0.3 is 14.6 Å². The molecule has 0 saturated carbocycles. The second-order valence-electron chi connectivity index (χ2n) is 4.23. The van der Waals surface area contributed by atoms with E-state index in [-0.39, 0.29) is 19.0 Å². The minimum Gasteiger partial charge on any atom is -0.419 e. The molecule has 2 aromatic rings. The molecule has 108 valence electrons. The Kier molecular flexibility index (Phi) is 5.16. The van der Waals surface area contributed by atoms with Gasteiger partial charge in [0, 0.05) is 18.7 Å². The Hall–Kier alpha value is -1.83. The fourth-order valence-corrected chi connectivity index (χ4v) is 1.77. The van der Waals surface area contributed by atoms with E-state index in [1.165, 1.54) is 12.1 Å². The maximum absolute atomic E-state index is 12.8. The number of rotatable bonds is 7. The van der Waals surface area contributed by atoms with Crippen molar-refractivity contribution in [1.82, 2.24) is 15.1 Å². The van der Waals surface area contributed by atoms with Gasteiger partial charge in [-0.25, -0.2) is 4.39 Å². The summed E-state index contributed by atoms with van der Waals surface area (Å²) in [4.78, 5) is 1.79. The second kappa shape index (κ2) is 7.09. The number of hydrogen-bond donors (Lipinski definition) is 2. The van der Waals surface area contributed by atoms with Crippen LogP contribution in [0.25, 0.3) is 11.5 Å². The van der Waals surface area contributed by atoms with Gasteiger partial charge in [0.05, 0.1) is 19.8 Å². The summed E-state index contributed by atoms with van der Waals surface area (Å²) in [6.45, 7) is 1.14. The lowest BCUT2D eigenvalue weighted by atomic mass is 10.2. The number of aromatic nitrogens is 2. The number of aliphatic hydroxyl groups is 2. The van der Waals surface area contributed by atoms with Crippen molar-refractivity contribution in [2.45, 2.75) is 6.54 Å². The van der Waals surface area contributed by atoms with Gasteiger partial charge in [0.1, 0.15) is 5.82 Å². The molecule has 0 saturated heterocycles. The Labute approximate surface area is 115 Å². The first-order valence-electron chi connectivity index (χ1n) is 6.25. The van der Waals surface area contributed by atoms with Crippen LogP contribution in [0.1, 0.15) is 5.89 Å². The Morgan fingerprint density at radius 2 is 1.70 bits per heavy atom. The number of aliphatic hydroxyl groups excluding tert-OH is 2. The van der Waals surface area contributed by atoms with Crippen LogP contribution in [0.2, 0.25) is 0 Å². The minimum atomic E-state index is -0.328. The van der Waals surface area contributed by atoms with E-state index < -0.39 is 0 Å². The SMILES string of the molecule is OCCN(CCO)Cc1nnc(-c2ccc(F)cc2)o1. The van der Waals surface area contributed by atoms with E-state index in [0.717, 1.165) is 0 Å². The molecule has 0 aliphatic heterocycles. The lowest BCUT2D eigenvalue weighted by molar-refractivity contribution is 0.147. The highest BCUT2D eigenvalue weighted by Crippen LogP contribution is 2.18. The zero-order valence-corrected chi connectivity index (χ0v) is 10.9. The van der Waals surface area contributed by atoms with Crippen molar-refractivity contribution < 1.29 is 19.0 Å². The van der Waals surface area contributed by atoms with Crippen molar-refractivity contribution >= 4 is 0 Å². The maximum Gasteiger partial charge on any atom is 0.247 e. The van der Waals surface area contributed by atoms with E-state index in [9.17, 15) is 4.39 Å². The predicted molar refractivity (Wildman–Crippen MR) is 69.1 cm³/mol. The third-order valence-corrected chi connectivity index (χ3v) is 2.75. The molecule has 1 aromatic carbocycles. The highest BCUT2D eigenvalue weighted by Gasteiger charge is 2.12. The van der Waals surface area contributed by atoms with Gasteiger partial charge in [0.2, 0.25) is 11.8 Å². The van der Waals surface area contributed by atoms with Gasteiger partial charge in [-0.05, 0) is 24.3 Å². The van der Waals surface area contributed by atoms with Crippen molar-refractivity contribution in [3.05, 3.63) is 36.0 Å². The molecule has 2 N–H and O–H groups in total. The van der Waals surface area contributed by atoms with Gasteiger partial charge in [0.25, 0.3) is 0 Å². The van der Waals surface area contributed by atoms with Crippen LogP contribution in [0.3, 0.4) is 0 Å². The van der Waals surface area contributed by atoms with Crippen molar-refractivity contribution in [2.75, 3.05) is 26.3 Å². The lowest BCUT2D eigenvalue weighted by Crippen LogP contribution is -2.29. The molecule has 0 atom stereocenters. The molecular formula is C13H16FN3O3. The van der Waals surface area contributed by atoms with Crippen LogP contribution in [0.15, 0.2) is 28.7 Å². The van der Waals surface area contributed by atoms with Gasteiger partial charge in [-0.15, -0.1) is 10.2 Å². The van der Waals surface area contributed by atoms with Crippen molar-refractivity contribution in [3.8, 4) is 11.5 Å². The second-order valence-corrected chi connectivity index (χ2v) is 4.23. The first-order valence-corrected chi connectivity index (χ1v) is 6.25. The quantitative estimate of drug-likeness (QED) is 0.776. The van der Waals surface area contributed by atoms with Crippen LogP contribution in [0.4, 0.5) is 4.39 Å². The first kappa shape index (κ1) is 14.6. The molecule has 0 aliphatic rings. The van der Waals surface area contributed by atoms with Gasteiger partial charge in [-0.3, -0.25) is 4.90 Å². The van der Waals surface area contributed by atoms with E-state index in [0.29, 0.717) is 37.0 Å². The molecule has 7 heteroatoms. The topological polar surface area (TPSA) is 82.6 Å². The third kappa shape index (κ3) is 3.83. The molecular weight excluding hydrogens is 265 g/mol. The van der Waals surface area contributed by atoms with Gasteiger partial charge in [-0.2, -0.15) is 0 Å². The van der Waals surface area contributed by atoms with Crippen LogP contribution in [0, 0.1) is 5.82 Å². The number of benzene rings is 1. The molecule has 0 radical (unpaired) electrons. The smallest absolute Gasteiger partial charge is 0.247 e. The van der Waals surface area contributed by atoms with Crippen LogP contribution < -0.4 is 0 Å². The van der Waals surface area contributed by atoms with Gasteiger partial charge in [-0.1, -0.05) is 0 Å². The standard InChI is InChI=1S/C13H16FN3O3/c14-11-3-1-10(2-4-11)13-16-15-12(20-13)9-17(5-7-18)6-8-19/h1-4,18-19H,5-9H2. The molecule has 0 spiro atoms. The third-order valence-electron chi connectivity index (χ3n) is 2.75.